The number of rotatable bonds is 4. The maximum absolute atomic E-state index is 12.4. The van der Waals surface area contributed by atoms with Gasteiger partial charge in [0.15, 0.2) is 0 Å². The van der Waals surface area contributed by atoms with Gasteiger partial charge in [0, 0.05) is 6.42 Å². The molecule has 0 bridgehead atoms. The monoisotopic (exact) mass is 264 g/mol. The van der Waals surface area contributed by atoms with Crippen LogP contribution in [0.15, 0.2) is 0 Å². The first kappa shape index (κ1) is 15.2. The first-order valence-corrected chi connectivity index (χ1v) is 7.70. The summed E-state index contributed by atoms with van der Waals surface area (Å²) in [5.41, 5.74) is -0.959. The van der Waals surface area contributed by atoms with Gasteiger partial charge in [-0.3, -0.25) is 13.6 Å². The molecule has 1 unspecified atom stereocenters. The summed E-state index contributed by atoms with van der Waals surface area (Å²) >= 11 is 0. The summed E-state index contributed by atoms with van der Waals surface area (Å²) in [4.78, 5) is 0. The average molecular weight is 264 g/mol. The topological polar surface area (TPSA) is 44.8 Å². The number of hydrogen-bond acceptors (Lipinski definition) is 4. The molecular weight excluding hydrogens is 239 g/mol. The van der Waals surface area contributed by atoms with Crippen LogP contribution in [0.25, 0.3) is 0 Å². The first-order chi connectivity index (χ1) is 7.58. The van der Waals surface area contributed by atoms with E-state index >= 15 is 0 Å². The minimum Gasteiger partial charge on any atom is -0.287 e. The van der Waals surface area contributed by atoms with Gasteiger partial charge < -0.3 is 0 Å². The van der Waals surface area contributed by atoms with Gasteiger partial charge >= 0.3 is 7.82 Å². The van der Waals surface area contributed by atoms with Crippen molar-refractivity contribution < 1.29 is 18.1 Å². The third-order valence-electron chi connectivity index (χ3n) is 2.78. The van der Waals surface area contributed by atoms with Gasteiger partial charge in [-0.25, -0.2) is 4.57 Å². The van der Waals surface area contributed by atoms with Crippen LogP contribution in [-0.4, -0.2) is 17.8 Å². The van der Waals surface area contributed by atoms with Gasteiger partial charge in [0.1, 0.15) is 0 Å². The minimum absolute atomic E-state index is 0.348. The molecule has 1 aliphatic rings. The van der Waals surface area contributed by atoms with E-state index in [4.69, 9.17) is 13.6 Å². The zero-order chi connectivity index (χ0) is 13.3. The number of phosphoric ester groups is 1. The van der Waals surface area contributed by atoms with Crippen LogP contribution in [0, 0.1) is 5.92 Å². The van der Waals surface area contributed by atoms with E-state index in [0.717, 1.165) is 6.42 Å². The van der Waals surface area contributed by atoms with Gasteiger partial charge in [0.05, 0.1) is 17.8 Å². The summed E-state index contributed by atoms with van der Waals surface area (Å²) in [5, 5.41) is 0. The summed E-state index contributed by atoms with van der Waals surface area (Å²) in [7, 11) is -3.42. The SMILES string of the molecule is CCC(C)COP1(=O)OC(C)(C)CC(C)(C)O1. The van der Waals surface area contributed by atoms with Crippen molar-refractivity contribution in [3.05, 3.63) is 0 Å². The highest BCUT2D eigenvalue weighted by molar-refractivity contribution is 7.48. The van der Waals surface area contributed by atoms with Crippen molar-refractivity contribution in [3.8, 4) is 0 Å². The van der Waals surface area contributed by atoms with E-state index < -0.39 is 19.0 Å². The molecule has 102 valence electrons. The van der Waals surface area contributed by atoms with E-state index in [1.165, 1.54) is 0 Å². The lowest BCUT2D eigenvalue weighted by atomic mass is 9.93. The van der Waals surface area contributed by atoms with Crippen LogP contribution >= 0.6 is 7.82 Å². The Morgan fingerprint density at radius 2 is 1.71 bits per heavy atom. The summed E-state index contributed by atoms with van der Waals surface area (Å²) in [6.07, 6.45) is 1.67. The Balaban J connectivity index is 2.71. The van der Waals surface area contributed by atoms with Gasteiger partial charge in [-0.2, -0.15) is 0 Å². The van der Waals surface area contributed by atoms with Crippen LogP contribution in [0.5, 0.6) is 0 Å². The molecule has 0 aromatic carbocycles. The van der Waals surface area contributed by atoms with Crippen LogP contribution < -0.4 is 0 Å². The molecule has 1 heterocycles. The van der Waals surface area contributed by atoms with Crippen molar-refractivity contribution in [1.29, 1.82) is 0 Å². The normalized spacial score (nSPS) is 27.6. The first-order valence-electron chi connectivity index (χ1n) is 6.24. The van der Waals surface area contributed by atoms with E-state index in [1.54, 1.807) is 0 Å². The summed E-state index contributed by atoms with van der Waals surface area (Å²) in [6.45, 7) is 12.2. The smallest absolute Gasteiger partial charge is 0.287 e. The Kier molecular flexibility index (Phi) is 4.47. The van der Waals surface area contributed by atoms with Crippen LogP contribution in [0.4, 0.5) is 0 Å². The zero-order valence-corrected chi connectivity index (χ0v) is 12.7. The van der Waals surface area contributed by atoms with E-state index in [-0.39, 0.29) is 0 Å². The largest absolute Gasteiger partial charge is 0.475 e. The standard InChI is InChI=1S/C12H25O4P/c1-7-10(2)8-14-17(13)15-11(3,4)9-12(5,6)16-17/h10H,7-9H2,1-6H3. The minimum atomic E-state index is -3.42. The maximum Gasteiger partial charge on any atom is 0.475 e. The molecule has 0 aromatic rings. The van der Waals surface area contributed by atoms with Crippen molar-refractivity contribution in [2.45, 2.75) is 65.6 Å². The maximum atomic E-state index is 12.4. The van der Waals surface area contributed by atoms with Crippen LogP contribution in [-0.2, 0) is 18.1 Å². The lowest BCUT2D eigenvalue weighted by Crippen LogP contribution is -2.41. The van der Waals surface area contributed by atoms with Crippen molar-refractivity contribution in [2.75, 3.05) is 6.61 Å². The molecule has 4 nitrogen and oxygen atoms in total. The zero-order valence-electron chi connectivity index (χ0n) is 11.8. The Morgan fingerprint density at radius 1 is 1.24 bits per heavy atom. The fourth-order valence-corrected chi connectivity index (χ4v) is 4.02. The molecule has 0 amide bonds. The highest BCUT2D eigenvalue weighted by Gasteiger charge is 2.48. The average Bonchev–Trinajstić information content (AvgIpc) is 2.08. The molecule has 1 atom stereocenters. The Hall–Kier alpha value is 0.110. The van der Waals surface area contributed by atoms with Crippen molar-refractivity contribution in [3.63, 3.8) is 0 Å². The lowest BCUT2D eigenvalue weighted by Gasteiger charge is -2.43. The summed E-state index contributed by atoms with van der Waals surface area (Å²) < 4.78 is 28.8. The third kappa shape index (κ3) is 4.70. The Labute approximate surface area is 105 Å². The van der Waals surface area contributed by atoms with Crippen molar-refractivity contribution >= 4 is 7.82 Å². The molecule has 1 fully saturated rings. The van der Waals surface area contributed by atoms with Crippen molar-refractivity contribution in [1.82, 2.24) is 0 Å². The molecule has 1 saturated heterocycles. The molecule has 1 rings (SSSR count). The van der Waals surface area contributed by atoms with Gasteiger partial charge in [-0.1, -0.05) is 20.3 Å². The highest BCUT2D eigenvalue weighted by Crippen LogP contribution is 2.61. The second-order valence-corrected chi connectivity index (χ2v) is 7.65. The number of phosphoric acid groups is 1. The third-order valence-corrected chi connectivity index (χ3v) is 4.68. The second-order valence-electron chi connectivity index (χ2n) is 6.14. The second kappa shape index (κ2) is 5.00. The molecule has 17 heavy (non-hydrogen) atoms. The Morgan fingerprint density at radius 3 is 2.12 bits per heavy atom. The van der Waals surface area contributed by atoms with Crippen molar-refractivity contribution in [2.24, 2.45) is 5.92 Å². The van der Waals surface area contributed by atoms with Gasteiger partial charge in [0.25, 0.3) is 0 Å². The molecule has 0 N–H and O–H groups in total. The van der Waals surface area contributed by atoms with Gasteiger partial charge in [0.2, 0.25) is 0 Å². The lowest BCUT2D eigenvalue weighted by molar-refractivity contribution is -0.0908. The molecule has 0 aliphatic carbocycles. The quantitative estimate of drug-likeness (QED) is 0.715. The fourth-order valence-electron chi connectivity index (χ4n) is 2.10. The highest BCUT2D eigenvalue weighted by atomic mass is 31.2. The van der Waals surface area contributed by atoms with E-state index in [0.29, 0.717) is 18.9 Å². The number of hydrogen-bond donors (Lipinski definition) is 0. The molecular formula is C12H25O4P. The van der Waals surface area contributed by atoms with Crippen LogP contribution in [0.3, 0.4) is 0 Å². The molecule has 0 aromatic heterocycles. The molecule has 1 aliphatic heterocycles. The van der Waals surface area contributed by atoms with E-state index in [1.807, 2.05) is 34.6 Å². The Bertz CT molecular complexity index is 292. The summed E-state index contributed by atoms with van der Waals surface area (Å²) in [5.74, 6) is 0.348. The predicted octanol–water partition coefficient (Wildman–Crippen LogP) is 4.15. The van der Waals surface area contributed by atoms with Gasteiger partial charge in [-0.05, 0) is 33.6 Å². The molecule has 0 saturated carbocycles. The van der Waals surface area contributed by atoms with Gasteiger partial charge in [-0.15, -0.1) is 0 Å². The summed E-state index contributed by atoms with van der Waals surface area (Å²) in [6, 6.07) is 0. The molecule has 0 radical (unpaired) electrons. The molecule has 5 heteroatoms. The van der Waals surface area contributed by atoms with E-state index in [2.05, 4.69) is 6.92 Å². The van der Waals surface area contributed by atoms with Crippen LogP contribution in [0.2, 0.25) is 0 Å². The predicted molar refractivity (Wildman–Crippen MR) is 68.0 cm³/mol. The van der Waals surface area contributed by atoms with E-state index in [9.17, 15) is 4.57 Å². The van der Waals surface area contributed by atoms with Crippen LogP contribution in [0.1, 0.15) is 54.4 Å². The molecule has 0 spiro atoms. The fraction of sp³-hybridized carbons (Fsp3) is 1.00.